The number of rotatable bonds is 7. The predicted octanol–water partition coefficient (Wildman–Crippen LogP) is 4.79. The first-order valence-corrected chi connectivity index (χ1v) is 12.9. The van der Waals surface area contributed by atoms with E-state index < -0.39 is 41.2 Å². The molecular formula is C26H36F4N4O4. The second-order valence-electron chi connectivity index (χ2n) is 10.9. The van der Waals surface area contributed by atoms with Gasteiger partial charge in [-0.1, -0.05) is 0 Å². The second kappa shape index (κ2) is 12.3. The van der Waals surface area contributed by atoms with E-state index in [1.165, 1.54) is 0 Å². The van der Waals surface area contributed by atoms with E-state index in [1.807, 2.05) is 20.8 Å². The van der Waals surface area contributed by atoms with E-state index in [9.17, 15) is 31.9 Å². The smallest absolute Gasteiger partial charge is 0.359 e. The summed E-state index contributed by atoms with van der Waals surface area (Å²) in [5, 5.41) is 5.21. The van der Waals surface area contributed by atoms with Crippen LogP contribution < -0.4 is 10.6 Å². The number of benzene rings is 1. The van der Waals surface area contributed by atoms with Gasteiger partial charge in [-0.15, -0.1) is 0 Å². The van der Waals surface area contributed by atoms with E-state index >= 15 is 0 Å². The Morgan fingerprint density at radius 1 is 1.03 bits per heavy atom. The average molecular weight is 545 g/mol. The van der Waals surface area contributed by atoms with Crippen LogP contribution in [0.5, 0.6) is 0 Å². The Balaban J connectivity index is 1.35. The Bertz CT molecular complexity index is 1000. The van der Waals surface area contributed by atoms with Crippen molar-refractivity contribution in [2.45, 2.75) is 70.6 Å². The van der Waals surface area contributed by atoms with Gasteiger partial charge < -0.3 is 20.3 Å². The molecule has 1 aliphatic heterocycles. The van der Waals surface area contributed by atoms with Crippen LogP contribution >= 0.6 is 0 Å². The fraction of sp³-hybridized carbons (Fsp3) is 0.654. The first kappa shape index (κ1) is 29.7. The predicted molar refractivity (Wildman–Crippen MR) is 132 cm³/mol. The molecule has 0 atom stereocenters. The number of hydrogen-bond acceptors (Lipinski definition) is 5. The van der Waals surface area contributed by atoms with Crippen molar-refractivity contribution in [3.05, 3.63) is 35.1 Å². The van der Waals surface area contributed by atoms with Gasteiger partial charge in [0.2, 0.25) is 0 Å². The lowest BCUT2D eigenvalue weighted by Gasteiger charge is -2.44. The van der Waals surface area contributed by atoms with E-state index in [1.54, 1.807) is 4.90 Å². The average Bonchev–Trinajstić information content (AvgIpc) is 2.78. The molecule has 0 spiro atoms. The van der Waals surface area contributed by atoms with E-state index in [0.717, 1.165) is 38.2 Å². The van der Waals surface area contributed by atoms with Gasteiger partial charge >= 0.3 is 18.4 Å². The SMILES string of the molecule is CC(C)(C)N(C(=O)OC(=O)NCCN1CCC(CNC(=O)c2cc(F)cc(C(F)(F)F)c2)CC1)C1CCC1. The molecule has 0 radical (unpaired) electrons. The van der Waals surface area contributed by atoms with Crippen molar-refractivity contribution in [3.63, 3.8) is 0 Å². The molecule has 12 heteroatoms. The van der Waals surface area contributed by atoms with Crippen LogP contribution in [-0.4, -0.2) is 72.2 Å². The van der Waals surface area contributed by atoms with Crippen LogP contribution in [0, 0.1) is 11.7 Å². The van der Waals surface area contributed by atoms with Crippen LogP contribution in [0.3, 0.4) is 0 Å². The van der Waals surface area contributed by atoms with Gasteiger partial charge in [-0.2, -0.15) is 13.2 Å². The maximum Gasteiger partial charge on any atom is 0.419 e. The van der Waals surface area contributed by atoms with Crippen LogP contribution in [0.4, 0.5) is 27.2 Å². The van der Waals surface area contributed by atoms with Crippen LogP contribution in [0.25, 0.3) is 0 Å². The van der Waals surface area contributed by atoms with Gasteiger partial charge in [0.15, 0.2) is 0 Å². The number of likely N-dealkylation sites (tertiary alicyclic amines) is 1. The van der Waals surface area contributed by atoms with Crippen molar-refractivity contribution in [1.29, 1.82) is 0 Å². The number of carbonyl (C=O) groups is 3. The highest BCUT2D eigenvalue weighted by atomic mass is 19.4. The Morgan fingerprint density at radius 3 is 2.24 bits per heavy atom. The van der Waals surface area contributed by atoms with Gasteiger partial charge in [0.05, 0.1) is 5.56 Å². The minimum absolute atomic E-state index is 0.0904. The molecule has 1 aliphatic carbocycles. The molecule has 212 valence electrons. The topological polar surface area (TPSA) is 91.0 Å². The number of hydrogen-bond donors (Lipinski definition) is 2. The monoisotopic (exact) mass is 544 g/mol. The molecule has 0 bridgehead atoms. The molecule has 2 N–H and O–H groups in total. The first-order valence-electron chi connectivity index (χ1n) is 12.9. The number of nitrogens with one attached hydrogen (secondary N) is 2. The van der Waals surface area contributed by atoms with Crippen LogP contribution in [0.1, 0.15) is 68.8 Å². The van der Waals surface area contributed by atoms with Gasteiger partial charge in [0.25, 0.3) is 5.91 Å². The van der Waals surface area contributed by atoms with Crippen LogP contribution in [-0.2, 0) is 10.9 Å². The van der Waals surface area contributed by atoms with Crippen molar-refractivity contribution in [2.24, 2.45) is 5.92 Å². The molecule has 1 aromatic rings. The van der Waals surface area contributed by atoms with Crippen molar-refractivity contribution in [2.75, 3.05) is 32.7 Å². The third-order valence-corrected chi connectivity index (χ3v) is 6.98. The number of halogens is 4. The third-order valence-electron chi connectivity index (χ3n) is 6.98. The Kier molecular flexibility index (Phi) is 9.61. The molecule has 1 heterocycles. The third kappa shape index (κ3) is 8.31. The summed E-state index contributed by atoms with van der Waals surface area (Å²) in [5.41, 5.74) is -2.03. The van der Waals surface area contributed by atoms with Crippen molar-refractivity contribution in [3.8, 4) is 0 Å². The first-order chi connectivity index (χ1) is 17.7. The molecule has 3 amide bonds. The van der Waals surface area contributed by atoms with E-state index in [2.05, 4.69) is 15.5 Å². The lowest BCUT2D eigenvalue weighted by Crippen LogP contribution is -2.55. The zero-order valence-corrected chi connectivity index (χ0v) is 22.0. The highest BCUT2D eigenvalue weighted by Crippen LogP contribution is 2.32. The number of nitrogens with zero attached hydrogens (tertiary/aromatic N) is 2. The number of ether oxygens (including phenoxy) is 1. The van der Waals surface area contributed by atoms with Gasteiger partial charge in [-0.3, -0.25) is 9.69 Å². The molecule has 38 heavy (non-hydrogen) atoms. The molecule has 0 unspecified atom stereocenters. The summed E-state index contributed by atoms with van der Waals surface area (Å²) in [6, 6.07) is 1.87. The number of alkyl carbamates (subject to hydrolysis) is 1. The summed E-state index contributed by atoms with van der Waals surface area (Å²) in [5.74, 6) is -1.75. The minimum atomic E-state index is -4.74. The van der Waals surface area contributed by atoms with Gasteiger partial charge in [-0.25, -0.2) is 14.0 Å². The molecule has 3 rings (SSSR count). The molecule has 0 aromatic heterocycles. The van der Waals surface area contributed by atoms with Gasteiger partial charge in [-0.05, 0) is 90.1 Å². The fourth-order valence-corrected chi connectivity index (χ4v) is 4.73. The fourth-order valence-electron chi connectivity index (χ4n) is 4.73. The van der Waals surface area contributed by atoms with Crippen LogP contribution in [0.15, 0.2) is 18.2 Å². The Hall–Kier alpha value is -2.89. The van der Waals surface area contributed by atoms with E-state index in [0.29, 0.717) is 38.3 Å². The van der Waals surface area contributed by atoms with Gasteiger partial charge in [0.1, 0.15) is 5.82 Å². The molecule has 1 aromatic carbocycles. The van der Waals surface area contributed by atoms with Crippen molar-refractivity contribution < 1.29 is 36.7 Å². The van der Waals surface area contributed by atoms with Crippen LogP contribution in [0.2, 0.25) is 0 Å². The zero-order chi connectivity index (χ0) is 28.1. The maximum atomic E-state index is 13.6. The van der Waals surface area contributed by atoms with Gasteiger partial charge in [0, 0.05) is 36.8 Å². The number of piperidine rings is 1. The summed E-state index contributed by atoms with van der Waals surface area (Å²) in [4.78, 5) is 40.7. The Morgan fingerprint density at radius 2 is 1.68 bits per heavy atom. The minimum Gasteiger partial charge on any atom is -0.359 e. The summed E-state index contributed by atoms with van der Waals surface area (Å²) in [7, 11) is 0. The Labute approximate surface area is 220 Å². The second-order valence-corrected chi connectivity index (χ2v) is 10.9. The molecule has 8 nitrogen and oxygen atoms in total. The summed E-state index contributed by atoms with van der Waals surface area (Å²) in [6.45, 7) is 8.25. The molecular weight excluding hydrogens is 508 g/mol. The molecule has 2 aliphatic rings. The quantitative estimate of drug-likeness (QED) is 0.381. The molecule has 2 fully saturated rings. The summed E-state index contributed by atoms with van der Waals surface area (Å²) >= 11 is 0. The lowest BCUT2D eigenvalue weighted by molar-refractivity contribution is -0.137. The summed E-state index contributed by atoms with van der Waals surface area (Å²) in [6.07, 6.45) is -1.84. The molecule has 1 saturated carbocycles. The lowest BCUT2D eigenvalue weighted by atomic mass is 9.88. The number of alkyl halides is 3. The number of carbonyl (C=O) groups excluding carboxylic acids is 3. The van der Waals surface area contributed by atoms with Crippen molar-refractivity contribution >= 4 is 18.1 Å². The largest absolute Gasteiger partial charge is 0.419 e. The summed E-state index contributed by atoms with van der Waals surface area (Å²) < 4.78 is 57.2. The standard InChI is InChI=1S/C26H36F4N4O4/c1-25(2,3)34(21-5-4-6-21)24(37)38-23(36)31-9-12-33-10-7-17(8-11-33)16-32-22(35)18-13-19(26(28,29)30)15-20(27)14-18/h13-15,17,21H,4-12,16H2,1-3H3,(H,31,36)(H,32,35). The highest BCUT2D eigenvalue weighted by Gasteiger charge is 2.38. The number of amides is 3. The maximum absolute atomic E-state index is 13.6. The van der Waals surface area contributed by atoms with E-state index in [4.69, 9.17) is 4.74 Å². The normalized spacial score (nSPS) is 17.4. The zero-order valence-electron chi connectivity index (χ0n) is 22.0. The van der Waals surface area contributed by atoms with E-state index in [-0.39, 0.29) is 24.1 Å². The molecule has 1 saturated heterocycles. The van der Waals surface area contributed by atoms with Crippen molar-refractivity contribution in [1.82, 2.24) is 20.4 Å². The highest BCUT2D eigenvalue weighted by molar-refractivity contribution is 5.94.